The van der Waals surface area contributed by atoms with Crippen molar-refractivity contribution < 1.29 is 9.53 Å². The monoisotopic (exact) mass is 253 g/mol. The van der Waals surface area contributed by atoms with E-state index in [1.165, 1.54) is 6.42 Å². The van der Waals surface area contributed by atoms with Gasteiger partial charge in [-0.25, -0.2) is 0 Å². The molecule has 5 nitrogen and oxygen atoms in total. The highest BCUT2D eigenvalue weighted by Gasteiger charge is 2.32. The molecule has 18 heavy (non-hydrogen) atoms. The van der Waals surface area contributed by atoms with Crippen LogP contribution < -0.4 is 5.32 Å². The minimum atomic E-state index is 0.129. The summed E-state index contributed by atoms with van der Waals surface area (Å²) in [5.41, 5.74) is 0. The van der Waals surface area contributed by atoms with Crippen LogP contribution in [0.15, 0.2) is 0 Å². The smallest absolute Gasteiger partial charge is 0.228 e. The molecule has 3 aliphatic rings. The van der Waals surface area contributed by atoms with Crippen LogP contribution in [0.25, 0.3) is 0 Å². The topological polar surface area (TPSA) is 44.8 Å². The largest absolute Gasteiger partial charge is 0.381 e. The second-order valence-electron chi connectivity index (χ2n) is 5.57. The van der Waals surface area contributed by atoms with Gasteiger partial charge in [0.25, 0.3) is 0 Å². The van der Waals surface area contributed by atoms with E-state index in [2.05, 4.69) is 10.2 Å². The van der Waals surface area contributed by atoms with Gasteiger partial charge in [-0.2, -0.15) is 0 Å². The number of hydrogen-bond acceptors (Lipinski definition) is 4. The zero-order valence-electron chi connectivity index (χ0n) is 10.9. The van der Waals surface area contributed by atoms with Crippen LogP contribution in [-0.2, 0) is 9.53 Å². The van der Waals surface area contributed by atoms with E-state index < -0.39 is 0 Å². The average Bonchev–Trinajstić information content (AvgIpc) is 3.11. The zero-order valence-corrected chi connectivity index (χ0v) is 10.9. The molecule has 0 saturated carbocycles. The molecule has 1 amide bonds. The van der Waals surface area contributed by atoms with Gasteiger partial charge in [0.15, 0.2) is 0 Å². The molecule has 0 spiro atoms. The molecule has 0 radical (unpaired) electrons. The molecule has 3 rings (SSSR count). The van der Waals surface area contributed by atoms with Crippen LogP contribution in [0.1, 0.15) is 12.8 Å². The highest BCUT2D eigenvalue weighted by atomic mass is 16.5. The molecule has 0 aliphatic carbocycles. The summed E-state index contributed by atoms with van der Waals surface area (Å²) in [4.78, 5) is 16.8. The van der Waals surface area contributed by atoms with Crippen LogP contribution in [0.4, 0.5) is 0 Å². The normalized spacial score (nSPS) is 34.1. The van der Waals surface area contributed by atoms with Gasteiger partial charge in [-0.15, -0.1) is 0 Å². The molecule has 2 atom stereocenters. The Balaban J connectivity index is 1.48. The van der Waals surface area contributed by atoms with Gasteiger partial charge in [0.1, 0.15) is 0 Å². The van der Waals surface area contributed by atoms with Crippen LogP contribution in [0, 0.1) is 5.92 Å². The predicted octanol–water partition coefficient (Wildman–Crippen LogP) is -0.471. The number of nitrogens with one attached hydrogen (secondary N) is 1. The van der Waals surface area contributed by atoms with Crippen LogP contribution >= 0.6 is 0 Å². The fraction of sp³-hybridized carbons (Fsp3) is 0.923. The molecule has 0 aromatic rings. The minimum absolute atomic E-state index is 0.129. The van der Waals surface area contributed by atoms with Gasteiger partial charge in [0, 0.05) is 45.4 Å². The lowest BCUT2D eigenvalue weighted by molar-refractivity contribution is -0.137. The number of piperazine rings is 1. The molecular weight excluding hydrogens is 230 g/mol. The van der Waals surface area contributed by atoms with Crippen molar-refractivity contribution in [2.24, 2.45) is 5.92 Å². The van der Waals surface area contributed by atoms with E-state index >= 15 is 0 Å². The Bertz CT molecular complexity index is 291. The van der Waals surface area contributed by atoms with Crippen molar-refractivity contribution in [1.82, 2.24) is 15.1 Å². The van der Waals surface area contributed by atoms with Gasteiger partial charge in [-0.3, -0.25) is 9.69 Å². The van der Waals surface area contributed by atoms with Gasteiger partial charge < -0.3 is 15.0 Å². The number of nitrogens with zero attached hydrogens (tertiary/aromatic N) is 2. The fourth-order valence-electron chi connectivity index (χ4n) is 3.25. The first-order valence-corrected chi connectivity index (χ1v) is 7.16. The number of hydrogen-bond donors (Lipinski definition) is 1. The summed E-state index contributed by atoms with van der Waals surface area (Å²) in [6.45, 7) is 7.50. The van der Waals surface area contributed by atoms with Crippen molar-refractivity contribution in [2.45, 2.75) is 18.9 Å². The molecule has 2 unspecified atom stereocenters. The number of amides is 1. The van der Waals surface area contributed by atoms with Gasteiger partial charge >= 0.3 is 0 Å². The van der Waals surface area contributed by atoms with Crippen molar-refractivity contribution in [1.29, 1.82) is 0 Å². The van der Waals surface area contributed by atoms with E-state index in [1.54, 1.807) is 0 Å². The standard InChI is InChI=1S/C13H23N3O2/c17-13(11-2-8-18-10-11)16-6-4-15(5-7-16)12-1-3-14-9-12/h11-12,14H,1-10H2. The predicted molar refractivity (Wildman–Crippen MR) is 68.4 cm³/mol. The number of ether oxygens (including phenoxy) is 1. The average molecular weight is 253 g/mol. The van der Waals surface area contributed by atoms with Gasteiger partial charge in [0.2, 0.25) is 5.91 Å². The molecule has 102 valence electrons. The highest BCUT2D eigenvalue weighted by molar-refractivity contribution is 5.79. The molecule has 0 aromatic carbocycles. The Morgan fingerprint density at radius 1 is 1.17 bits per heavy atom. The fourth-order valence-corrected chi connectivity index (χ4v) is 3.25. The van der Waals surface area contributed by atoms with Gasteiger partial charge in [-0.1, -0.05) is 0 Å². The minimum Gasteiger partial charge on any atom is -0.381 e. The summed E-state index contributed by atoms with van der Waals surface area (Å²) in [6.07, 6.45) is 2.16. The lowest BCUT2D eigenvalue weighted by Gasteiger charge is -2.38. The second kappa shape index (κ2) is 5.55. The molecule has 3 heterocycles. The van der Waals surface area contributed by atoms with Crippen molar-refractivity contribution in [3.8, 4) is 0 Å². The Morgan fingerprint density at radius 3 is 2.61 bits per heavy atom. The second-order valence-corrected chi connectivity index (χ2v) is 5.57. The first-order valence-electron chi connectivity index (χ1n) is 7.16. The van der Waals surface area contributed by atoms with Crippen molar-refractivity contribution in [2.75, 3.05) is 52.5 Å². The molecule has 3 aliphatic heterocycles. The summed E-state index contributed by atoms with van der Waals surface area (Å²) >= 11 is 0. The third kappa shape index (κ3) is 2.53. The molecule has 5 heteroatoms. The lowest BCUT2D eigenvalue weighted by atomic mass is 10.1. The van der Waals surface area contributed by atoms with E-state index in [0.717, 1.165) is 52.3 Å². The third-order valence-corrected chi connectivity index (χ3v) is 4.46. The summed E-state index contributed by atoms with van der Waals surface area (Å²) in [7, 11) is 0. The molecule has 3 saturated heterocycles. The maximum absolute atomic E-state index is 12.2. The molecular formula is C13H23N3O2. The van der Waals surface area contributed by atoms with Crippen molar-refractivity contribution in [3.05, 3.63) is 0 Å². The zero-order chi connectivity index (χ0) is 12.4. The van der Waals surface area contributed by atoms with Gasteiger partial charge in [0.05, 0.1) is 12.5 Å². The van der Waals surface area contributed by atoms with Crippen molar-refractivity contribution >= 4 is 5.91 Å². The van der Waals surface area contributed by atoms with Crippen LogP contribution in [-0.4, -0.2) is 74.2 Å². The Hall–Kier alpha value is -0.650. The number of carbonyl (C=O) groups is 1. The van der Waals surface area contributed by atoms with Crippen LogP contribution in [0.5, 0.6) is 0 Å². The number of rotatable bonds is 2. The van der Waals surface area contributed by atoms with E-state index in [-0.39, 0.29) is 5.92 Å². The maximum Gasteiger partial charge on any atom is 0.228 e. The molecule has 1 N–H and O–H groups in total. The summed E-state index contributed by atoms with van der Waals surface area (Å²) < 4.78 is 5.31. The quantitative estimate of drug-likeness (QED) is 0.722. The summed E-state index contributed by atoms with van der Waals surface area (Å²) in [5, 5.41) is 3.41. The SMILES string of the molecule is O=C(C1CCOC1)N1CCN(C2CCNC2)CC1. The van der Waals surface area contributed by atoms with E-state index in [4.69, 9.17) is 4.74 Å². The van der Waals surface area contributed by atoms with Crippen LogP contribution in [0.2, 0.25) is 0 Å². The maximum atomic E-state index is 12.2. The Kier molecular flexibility index (Phi) is 3.82. The third-order valence-electron chi connectivity index (χ3n) is 4.46. The molecule has 0 bridgehead atoms. The lowest BCUT2D eigenvalue weighted by Crippen LogP contribution is -2.53. The van der Waals surface area contributed by atoms with E-state index in [9.17, 15) is 4.79 Å². The Labute approximate surface area is 108 Å². The van der Waals surface area contributed by atoms with Crippen molar-refractivity contribution in [3.63, 3.8) is 0 Å². The van der Waals surface area contributed by atoms with E-state index in [1.807, 2.05) is 4.90 Å². The first-order chi connectivity index (χ1) is 8.84. The van der Waals surface area contributed by atoms with E-state index in [0.29, 0.717) is 18.6 Å². The van der Waals surface area contributed by atoms with Gasteiger partial charge in [-0.05, 0) is 19.4 Å². The Morgan fingerprint density at radius 2 is 2.00 bits per heavy atom. The first kappa shape index (κ1) is 12.4. The molecule has 3 fully saturated rings. The summed E-state index contributed by atoms with van der Waals surface area (Å²) in [5.74, 6) is 0.446. The highest BCUT2D eigenvalue weighted by Crippen LogP contribution is 2.18. The number of carbonyl (C=O) groups excluding carboxylic acids is 1. The van der Waals surface area contributed by atoms with Crippen LogP contribution in [0.3, 0.4) is 0 Å². The summed E-state index contributed by atoms with van der Waals surface area (Å²) in [6, 6.07) is 0.692. The molecule has 0 aromatic heterocycles.